The predicted octanol–water partition coefficient (Wildman–Crippen LogP) is 1.06. The van der Waals surface area contributed by atoms with Gasteiger partial charge in [0.05, 0.1) is 12.9 Å². The van der Waals surface area contributed by atoms with Crippen molar-refractivity contribution in [3.8, 4) is 5.75 Å². The molecule has 2 heterocycles. The maximum absolute atomic E-state index is 12.4. The Hall–Kier alpha value is -1.77. The Labute approximate surface area is 164 Å². The number of piperazine rings is 1. The summed E-state index contributed by atoms with van der Waals surface area (Å²) in [7, 11) is 3.19. The molecule has 1 aromatic rings. The number of benzene rings is 1. The van der Waals surface area contributed by atoms with Crippen molar-refractivity contribution in [2.24, 2.45) is 0 Å². The Bertz CT molecular complexity index is 647. The smallest absolute Gasteiger partial charge is 0.248 e. The van der Waals surface area contributed by atoms with Crippen LogP contribution in [0.2, 0.25) is 0 Å². The zero-order chi connectivity index (χ0) is 19.2. The minimum absolute atomic E-state index is 0.0443. The molecule has 0 bridgehead atoms. The largest absolute Gasteiger partial charge is 0.497 e. The van der Waals surface area contributed by atoms with E-state index < -0.39 is 0 Å². The van der Waals surface area contributed by atoms with Gasteiger partial charge in [-0.25, -0.2) is 0 Å². The molecule has 2 fully saturated rings. The zero-order valence-electron chi connectivity index (χ0n) is 15.9. The number of hydrogen-bond donors (Lipinski definition) is 0. The van der Waals surface area contributed by atoms with E-state index in [9.17, 15) is 9.59 Å². The number of hydrogen-bond acceptors (Lipinski definition) is 6. The molecule has 7 nitrogen and oxygen atoms in total. The minimum atomic E-state index is 0.0443. The van der Waals surface area contributed by atoms with Crippen molar-refractivity contribution < 1.29 is 19.1 Å². The van der Waals surface area contributed by atoms with Crippen LogP contribution < -0.4 is 4.74 Å². The molecule has 148 valence electrons. The van der Waals surface area contributed by atoms with Crippen LogP contribution >= 0.6 is 11.8 Å². The molecule has 8 heteroatoms. The molecule has 0 aromatic heterocycles. The summed E-state index contributed by atoms with van der Waals surface area (Å²) < 4.78 is 10.1. The van der Waals surface area contributed by atoms with Crippen LogP contribution in [0.1, 0.15) is 10.9 Å². The van der Waals surface area contributed by atoms with E-state index in [1.807, 2.05) is 34.1 Å². The molecular weight excluding hydrogens is 366 g/mol. The van der Waals surface area contributed by atoms with Gasteiger partial charge < -0.3 is 19.3 Å². The fraction of sp³-hybridized carbons (Fsp3) is 0.579. The molecule has 2 amide bonds. The van der Waals surface area contributed by atoms with E-state index >= 15 is 0 Å². The molecule has 0 radical (unpaired) electrons. The van der Waals surface area contributed by atoms with Gasteiger partial charge in [0.1, 0.15) is 17.7 Å². The lowest BCUT2D eigenvalue weighted by molar-refractivity contribution is -0.136. The fourth-order valence-electron chi connectivity index (χ4n) is 3.43. The van der Waals surface area contributed by atoms with Crippen LogP contribution in [0.25, 0.3) is 0 Å². The SMILES string of the molecule is COCC(=O)N1CCN(CCN2C(=O)CSC2c2ccc(OC)cc2)CC1. The van der Waals surface area contributed by atoms with Crippen molar-refractivity contribution in [3.63, 3.8) is 0 Å². The fourth-order valence-corrected chi connectivity index (χ4v) is 4.64. The van der Waals surface area contributed by atoms with Crippen molar-refractivity contribution in [2.45, 2.75) is 5.37 Å². The van der Waals surface area contributed by atoms with Crippen LogP contribution in [0.5, 0.6) is 5.75 Å². The van der Waals surface area contributed by atoms with Crippen LogP contribution in [0.4, 0.5) is 0 Å². The van der Waals surface area contributed by atoms with Crippen molar-refractivity contribution in [1.29, 1.82) is 0 Å². The van der Waals surface area contributed by atoms with E-state index in [-0.39, 0.29) is 23.8 Å². The molecule has 27 heavy (non-hydrogen) atoms. The summed E-state index contributed by atoms with van der Waals surface area (Å²) >= 11 is 1.67. The highest BCUT2D eigenvalue weighted by atomic mass is 32.2. The summed E-state index contributed by atoms with van der Waals surface area (Å²) in [5.74, 6) is 1.58. The van der Waals surface area contributed by atoms with E-state index in [1.54, 1.807) is 26.0 Å². The summed E-state index contributed by atoms with van der Waals surface area (Å²) in [4.78, 5) is 30.4. The molecule has 0 saturated carbocycles. The van der Waals surface area contributed by atoms with Crippen molar-refractivity contribution in [2.75, 3.05) is 65.8 Å². The molecular formula is C19H27N3O4S. The van der Waals surface area contributed by atoms with Crippen LogP contribution in [0, 0.1) is 0 Å². The number of thioether (sulfide) groups is 1. The number of amides is 2. The highest BCUT2D eigenvalue weighted by Crippen LogP contribution is 2.38. The first-order valence-electron chi connectivity index (χ1n) is 9.16. The van der Waals surface area contributed by atoms with E-state index in [0.717, 1.165) is 30.9 Å². The second kappa shape index (κ2) is 9.43. The maximum Gasteiger partial charge on any atom is 0.248 e. The third-order valence-electron chi connectivity index (χ3n) is 5.02. The van der Waals surface area contributed by atoms with E-state index in [1.165, 1.54) is 0 Å². The lowest BCUT2D eigenvalue weighted by Gasteiger charge is -2.36. The molecule has 2 aliphatic rings. The average Bonchev–Trinajstić information content (AvgIpc) is 3.07. The van der Waals surface area contributed by atoms with Gasteiger partial charge in [-0.3, -0.25) is 14.5 Å². The molecule has 0 aliphatic carbocycles. The van der Waals surface area contributed by atoms with E-state index in [4.69, 9.17) is 9.47 Å². The summed E-state index contributed by atoms with van der Waals surface area (Å²) in [6.07, 6.45) is 0. The standard InChI is InChI=1S/C19H27N3O4S/c1-25-13-17(23)21-10-7-20(8-11-21)9-12-22-18(24)14-27-19(22)15-3-5-16(26-2)6-4-15/h3-6,19H,7-14H2,1-2H3. The molecule has 2 aliphatic heterocycles. The highest BCUT2D eigenvalue weighted by Gasteiger charge is 2.33. The monoisotopic (exact) mass is 393 g/mol. The number of methoxy groups -OCH3 is 2. The van der Waals surface area contributed by atoms with Gasteiger partial charge in [-0.05, 0) is 17.7 Å². The molecule has 1 unspecified atom stereocenters. The van der Waals surface area contributed by atoms with E-state index in [2.05, 4.69) is 4.90 Å². The van der Waals surface area contributed by atoms with Gasteiger partial charge in [0.25, 0.3) is 0 Å². The number of ether oxygens (including phenoxy) is 2. The Morgan fingerprint density at radius 3 is 2.44 bits per heavy atom. The molecule has 3 rings (SSSR count). The summed E-state index contributed by atoms with van der Waals surface area (Å²) in [6.45, 7) is 4.76. The number of nitrogens with zero attached hydrogens (tertiary/aromatic N) is 3. The van der Waals surface area contributed by atoms with Gasteiger partial charge in [-0.1, -0.05) is 12.1 Å². The number of carbonyl (C=O) groups excluding carboxylic acids is 2. The van der Waals surface area contributed by atoms with Crippen LogP contribution in [0.3, 0.4) is 0 Å². The van der Waals surface area contributed by atoms with Crippen LogP contribution in [-0.2, 0) is 14.3 Å². The van der Waals surface area contributed by atoms with E-state index in [0.29, 0.717) is 25.4 Å². The number of rotatable bonds is 7. The zero-order valence-corrected chi connectivity index (χ0v) is 16.7. The first-order valence-corrected chi connectivity index (χ1v) is 10.2. The minimum Gasteiger partial charge on any atom is -0.497 e. The second-order valence-electron chi connectivity index (χ2n) is 6.68. The van der Waals surface area contributed by atoms with Gasteiger partial charge >= 0.3 is 0 Å². The molecule has 1 atom stereocenters. The summed E-state index contributed by atoms with van der Waals surface area (Å²) in [6, 6.07) is 7.94. The quantitative estimate of drug-likeness (QED) is 0.690. The normalized spacial score (nSPS) is 21.0. The second-order valence-corrected chi connectivity index (χ2v) is 7.75. The first kappa shape index (κ1) is 20.0. The predicted molar refractivity (Wildman–Crippen MR) is 105 cm³/mol. The Morgan fingerprint density at radius 1 is 1.11 bits per heavy atom. The van der Waals surface area contributed by atoms with Crippen molar-refractivity contribution in [3.05, 3.63) is 29.8 Å². The van der Waals surface area contributed by atoms with Gasteiger partial charge in [0.15, 0.2) is 0 Å². The lowest BCUT2D eigenvalue weighted by Crippen LogP contribution is -2.51. The number of carbonyl (C=O) groups is 2. The van der Waals surface area contributed by atoms with Gasteiger partial charge in [-0.15, -0.1) is 11.8 Å². The van der Waals surface area contributed by atoms with Gasteiger partial charge in [0.2, 0.25) is 11.8 Å². The first-order chi connectivity index (χ1) is 13.1. The van der Waals surface area contributed by atoms with Gasteiger partial charge in [0, 0.05) is 46.4 Å². The van der Waals surface area contributed by atoms with Crippen molar-refractivity contribution in [1.82, 2.24) is 14.7 Å². The highest BCUT2D eigenvalue weighted by molar-refractivity contribution is 8.00. The van der Waals surface area contributed by atoms with Gasteiger partial charge in [-0.2, -0.15) is 0 Å². The van der Waals surface area contributed by atoms with Crippen LogP contribution in [0.15, 0.2) is 24.3 Å². The van der Waals surface area contributed by atoms with Crippen LogP contribution in [-0.4, -0.2) is 92.4 Å². The average molecular weight is 394 g/mol. The molecule has 0 N–H and O–H groups in total. The summed E-state index contributed by atoms with van der Waals surface area (Å²) in [5, 5.41) is 0.0629. The third kappa shape index (κ3) is 4.94. The molecule has 0 spiro atoms. The topological polar surface area (TPSA) is 62.3 Å². The summed E-state index contributed by atoms with van der Waals surface area (Å²) in [5.41, 5.74) is 1.13. The molecule has 1 aromatic carbocycles. The maximum atomic E-state index is 12.4. The lowest BCUT2D eigenvalue weighted by atomic mass is 10.2. The Balaban J connectivity index is 1.52. The Kier molecular flexibility index (Phi) is 6.98. The molecule has 2 saturated heterocycles. The Morgan fingerprint density at radius 2 is 1.81 bits per heavy atom. The van der Waals surface area contributed by atoms with Crippen molar-refractivity contribution >= 4 is 23.6 Å². The third-order valence-corrected chi connectivity index (χ3v) is 6.27.